The molecule has 0 spiro atoms. The van der Waals surface area contributed by atoms with E-state index in [9.17, 15) is 0 Å². The van der Waals surface area contributed by atoms with Crippen molar-refractivity contribution in [1.29, 1.82) is 0 Å². The van der Waals surface area contributed by atoms with Crippen LogP contribution in [0.15, 0.2) is 120 Å². The predicted octanol–water partition coefficient (Wildman–Crippen LogP) is 10.4. The van der Waals surface area contributed by atoms with E-state index >= 15 is 0 Å². The Labute approximate surface area is 274 Å². The lowest BCUT2D eigenvalue weighted by Crippen LogP contribution is -2.67. The summed E-state index contributed by atoms with van der Waals surface area (Å²) in [4.78, 5) is 4.76. The van der Waals surface area contributed by atoms with E-state index < -0.39 is 0 Å². The highest BCUT2D eigenvalue weighted by molar-refractivity contribution is 9.10. The quantitative estimate of drug-likeness (QED) is 0.120. The predicted molar refractivity (Wildman–Crippen MR) is 189 cm³/mol. The zero-order chi connectivity index (χ0) is 30.4. The van der Waals surface area contributed by atoms with Crippen molar-refractivity contribution in [3.05, 3.63) is 137 Å². The summed E-state index contributed by atoms with van der Waals surface area (Å²) in [5.41, 5.74) is 5.02. The summed E-state index contributed by atoms with van der Waals surface area (Å²) in [5, 5.41) is 6.67. The van der Waals surface area contributed by atoms with Crippen molar-refractivity contribution >= 4 is 48.4 Å². The Morgan fingerprint density at radius 1 is 0.844 bits per heavy atom. The molecule has 0 N–H and O–H groups in total. The summed E-state index contributed by atoms with van der Waals surface area (Å²) in [7, 11) is 0. The Hall–Kier alpha value is -3.57. The number of para-hydroxylation sites is 1. The minimum Gasteiger partial charge on any atom is -0.363 e. The fourth-order valence-corrected chi connectivity index (χ4v) is 9.04. The summed E-state index contributed by atoms with van der Waals surface area (Å²) in [6.07, 6.45) is 5.69. The van der Waals surface area contributed by atoms with Gasteiger partial charge in [0.15, 0.2) is 0 Å². The first kappa shape index (κ1) is 28.9. The van der Waals surface area contributed by atoms with Crippen LogP contribution in [0, 0.1) is 11.8 Å². The number of aromatic nitrogens is 1. The first-order valence-corrected chi connectivity index (χ1v) is 17.4. The van der Waals surface area contributed by atoms with Crippen LogP contribution in [0.2, 0.25) is 0 Å². The van der Waals surface area contributed by atoms with Crippen LogP contribution in [0.25, 0.3) is 32.4 Å². The van der Waals surface area contributed by atoms with E-state index in [-0.39, 0.29) is 6.10 Å². The fourth-order valence-electron chi connectivity index (χ4n) is 8.78. The van der Waals surface area contributed by atoms with Gasteiger partial charge in [0.25, 0.3) is 0 Å². The number of ether oxygens (including phenoxy) is 1. The van der Waals surface area contributed by atoms with E-state index in [1.165, 1.54) is 76.0 Å². The summed E-state index contributed by atoms with van der Waals surface area (Å²) >= 11 is 3.61. The molecule has 1 aromatic heterocycles. The second-order valence-corrected chi connectivity index (χ2v) is 14.3. The Morgan fingerprint density at radius 2 is 1.53 bits per heavy atom. The van der Waals surface area contributed by atoms with Crippen LogP contribution in [-0.2, 0) is 17.9 Å². The summed E-state index contributed by atoms with van der Waals surface area (Å²) in [6, 6.07) is 40.2. The number of quaternary nitrogens is 1. The van der Waals surface area contributed by atoms with Gasteiger partial charge in [-0.15, -0.1) is 0 Å². The van der Waals surface area contributed by atoms with Crippen LogP contribution in [0.4, 0.5) is 0 Å². The van der Waals surface area contributed by atoms with Crippen molar-refractivity contribution in [2.75, 3.05) is 13.1 Å². The van der Waals surface area contributed by atoms with Gasteiger partial charge in [0.2, 0.25) is 0 Å². The van der Waals surface area contributed by atoms with Gasteiger partial charge in [0.1, 0.15) is 18.7 Å². The molecule has 226 valence electrons. The number of halogens is 1. The summed E-state index contributed by atoms with van der Waals surface area (Å²) < 4.78 is 9.37. The molecule has 45 heavy (non-hydrogen) atoms. The van der Waals surface area contributed by atoms with Crippen LogP contribution in [0.5, 0.6) is 0 Å². The van der Waals surface area contributed by atoms with Crippen LogP contribution in [0.1, 0.15) is 49.0 Å². The van der Waals surface area contributed by atoms with Gasteiger partial charge >= 0.3 is 0 Å². The maximum Gasteiger partial charge on any atom is 0.135 e. The van der Waals surface area contributed by atoms with Crippen LogP contribution in [-0.4, -0.2) is 28.6 Å². The highest BCUT2D eigenvalue weighted by Gasteiger charge is 2.55. The molecule has 3 fully saturated rings. The second kappa shape index (κ2) is 12.0. The fraction of sp³-hybridized carbons (Fsp3) is 0.293. The third-order valence-corrected chi connectivity index (χ3v) is 11.5. The molecule has 0 radical (unpaired) electrons. The van der Waals surface area contributed by atoms with Gasteiger partial charge in [-0.1, -0.05) is 102 Å². The molecule has 2 bridgehead atoms. The van der Waals surface area contributed by atoms with Gasteiger partial charge in [0.05, 0.1) is 25.2 Å². The maximum atomic E-state index is 7.20. The molecule has 4 heterocycles. The van der Waals surface area contributed by atoms with E-state index in [2.05, 4.69) is 132 Å². The number of nitrogens with zero attached hydrogens (tertiary/aromatic N) is 2. The highest BCUT2D eigenvalue weighted by Crippen LogP contribution is 2.50. The standard InChI is InChI=1S/C41H40BrN2O/c1-2-29-25-44(26-38-34-11-5-3-9-31(34)23-32-10-4-6-12-35(32)38)22-20-30(29)24-40(44)41(45-27-28-15-17-33(42)18-16-28)37-19-21-43-39-14-8-7-13-36(37)39/h3-19,21,23,29-30,40-41H,2,20,22,24-27H2,1H3/q+1/t29-,30-,40+,41+,44-/m0/s1. The van der Waals surface area contributed by atoms with Gasteiger partial charge in [-0.05, 0) is 75.3 Å². The van der Waals surface area contributed by atoms with Crippen molar-refractivity contribution in [3.8, 4) is 0 Å². The first-order chi connectivity index (χ1) is 22.1. The molecule has 9 rings (SSSR count). The number of pyridine rings is 1. The van der Waals surface area contributed by atoms with Crippen molar-refractivity contribution in [2.45, 2.75) is 51.5 Å². The molecule has 3 aliphatic heterocycles. The lowest BCUT2D eigenvalue weighted by atomic mass is 9.70. The lowest BCUT2D eigenvalue weighted by molar-refractivity contribution is -0.985. The zero-order valence-corrected chi connectivity index (χ0v) is 27.5. The minimum absolute atomic E-state index is 0.0385. The molecule has 5 aromatic carbocycles. The molecule has 3 nitrogen and oxygen atoms in total. The molecule has 0 unspecified atom stereocenters. The topological polar surface area (TPSA) is 22.1 Å². The first-order valence-electron chi connectivity index (χ1n) is 16.6. The molecule has 3 saturated heterocycles. The average molecular weight is 657 g/mol. The summed E-state index contributed by atoms with van der Waals surface area (Å²) in [5.74, 6) is 1.49. The minimum atomic E-state index is -0.0385. The molecule has 3 aliphatic rings. The number of hydrogen-bond acceptors (Lipinski definition) is 2. The number of fused-ring (bicyclic) bond motifs is 6. The second-order valence-electron chi connectivity index (χ2n) is 13.4. The van der Waals surface area contributed by atoms with Gasteiger partial charge in [-0.2, -0.15) is 0 Å². The van der Waals surface area contributed by atoms with E-state index in [0.717, 1.165) is 32.9 Å². The zero-order valence-electron chi connectivity index (χ0n) is 25.9. The third-order valence-electron chi connectivity index (χ3n) is 11.0. The maximum absolute atomic E-state index is 7.20. The van der Waals surface area contributed by atoms with Crippen LogP contribution in [0.3, 0.4) is 0 Å². The lowest BCUT2D eigenvalue weighted by Gasteiger charge is -2.59. The highest BCUT2D eigenvalue weighted by atomic mass is 79.9. The molecule has 4 heteroatoms. The van der Waals surface area contributed by atoms with E-state index in [1.54, 1.807) is 0 Å². The molecule has 6 aromatic rings. The summed E-state index contributed by atoms with van der Waals surface area (Å²) in [6.45, 7) is 6.43. The van der Waals surface area contributed by atoms with Crippen molar-refractivity contribution in [3.63, 3.8) is 0 Å². The Kier molecular flexibility index (Phi) is 7.69. The number of hydrogen-bond donors (Lipinski definition) is 0. The Bertz CT molecular complexity index is 1930. The van der Waals surface area contributed by atoms with Crippen molar-refractivity contribution in [1.82, 2.24) is 4.98 Å². The van der Waals surface area contributed by atoms with E-state index in [0.29, 0.717) is 12.6 Å². The van der Waals surface area contributed by atoms with Gasteiger partial charge in [-0.25, -0.2) is 0 Å². The van der Waals surface area contributed by atoms with Gasteiger partial charge < -0.3 is 9.22 Å². The number of piperidine rings is 3. The van der Waals surface area contributed by atoms with E-state index in [4.69, 9.17) is 9.72 Å². The average Bonchev–Trinajstić information content (AvgIpc) is 3.09. The van der Waals surface area contributed by atoms with Crippen LogP contribution < -0.4 is 0 Å². The van der Waals surface area contributed by atoms with Gasteiger partial charge in [0, 0.05) is 40.4 Å². The molecule has 0 saturated carbocycles. The molecular weight excluding hydrogens is 616 g/mol. The Balaban J connectivity index is 1.28. The molecule has 0 aliphatic carbocycles. The molecule has 5 atom stereocenters. The van der Waals surface area contributed by atoms with Gasteiger partial charge in [-0.3, -0.25) is 4.98 Å². The van der Waals surface area contributed by atoms with Crippen LogP contribution >= 0.6 is 15.9 Å². The van der Waals surface area contributed by atoms with Crippen molar-refractivity contribution in [2.24, 2.45) is 11.8 Å². The Morgan fingerprint density at radius 3 is 2.27 bits per heavy atom. The SMILES string of the molecule is CC[C@H]1C[N@+]2(Cc3c4ccccc4cc4ccccc34)CC[C@H]1C[C@@H]2[C@H](OCc1ccc(Br)cc1)c1ccnc2ccccc12. The third kappa shape index (κ3) is 5.27. The largest absolute Gasteiger partial charge is 0.363 e. The van der Waals surface area contributed by atoms with E-state index in [1.807, 2.05) is 6.20 Å². The smallest absolute Gasteiger partial charge is 0.135 e. The molecular formula is C41H40BrN2O+. The van der Waals surface area contributed by atoms with Crippen molar-refractivity contribution < 1.29 is 9.22 Å². The normalized spacial score (nSPS) is 23.6. The monoisotopic (exact) mass is 655 g/mol. The molecule has 0 amide bonds. The number of benzene rings is 5. The number of rotatable bonds is 8.